The maximum Gasteiger partial charge on any atom is 0.119 e. The van der Waals surface area contributed by atoms with Crippen LogP contribution in [0.4, 0.5) is 0 Å². The van der Waals surface area contributed by atoms with Crippen molar-refractivity contribution >= 4 is 0 Å². The second-order valence-electron chi connectivity index (χ2n) is 6.24. The maximum absolute atomic E-state index is 10.3. The Labute approximate surface area is 128 Å². The van der Waals surface area contributed by atoms with Gasteiger partial charge in [-0.15, -0.1) is 0 Å². The zero-order chi connectivity index (χ0) is 15.5. The van der Waals surface area contributed by atoms with Crippen LogP contribution in [0.3, 0.4) is 0 Å². The largest absolute Gasteiger partial charge is 0.508 e. The van der Waals surface area contributed by atoms with Crippen molar-refractivity contribution in [2.45, 2.75) is 51.9 Å². The van der Waals surface area contributed by atoms with Gasteiger partial charge in [0.2, 0.25) is 0 Å². The monoisotopic (exact) mass is 282 g/mol. The quantitative estimate of drug-likeness (QED) is 0.754. The standard InChI is InChI=1S/C20H26O/c1-5-15(6-2)16-11-7-8-12-17(16)20(3,4)18-13-9-10-14-19(18)21/h7-15,21H,5-6H2,1-4H3. The first-order valence-electron chi connectivity index (χ1n) is 7.90. The summed E-state index contributed by atoms with van der Waals surface area (Å²) in [5, 5.41) is 10.3. The van der Waals surface area contributed by atoms with Gasteiger partial charge in [0.1, 0.15) is 5.75 Å². The number of phenolic OH excluding ortho intramolecular Hbond substituents is 1. The van der Waals surface area contributed by atoms with Crippen molar-refractivity contribution in [1.29, 1.82) is 0 Å². The number of hydrogen-bond donors (Lipinski definition) is 1. The van der Waals surface area contributed by atoms with Crippen LogP contribution in [0.5, 0.6) is 5.75 Å². The molecule has 0 aliphatic rings. The molecule has 1 nitrogen and oxygen atoms in total. The normalized spacial score (nSPS) is 11.9. The van der Waals surface area contributed by atoms with Crippen LogP contribution in [0.1, 0.15) is 63.1 Å². The minimum atomic E-state index is -0.204. The molecule has 0 bridgehead atoms. The summed E-state index contributed by atoms with van der Waals surface area (Å²) >= 11 is 0. The first kappa shape index (κ1) is 15.6. The second kappa shape index (κ2) is 6.34. The molecule has 0 saturated carbocycles. The van der Waals surface area contributed by atoms with Crippen LogP contribution >= 0.6 is 0 Å². The van der Waals surface area contributed by atoms with Crippen molar-refractivity contribution in [2.75, 3.05) is 0 Å². The van der Waals surface area contributed by atoms with Crippen molar-refractivity contribution in [2.24, 2.45) is 0 Å². The van der Waals surface area contributed by atoms with E-state index in [9.17, 15) is 5.11 Å². The minimum Gasteiger partial charge on any atom is -0.508 e. The van der Waals surface area contributed by atoms with E-state index in [2.05, 4.69) is 52.0 Å². The molecule has 112 valence electrons. The Bertz CT molecular complexity index is 594. The predicted octanol–water partition coefficient (Wildman–Crippen LogP) is 5.62. The lowest BCUT2D eigenvalue weighted by atomic mass is 9.73. The van der Waals surface area contributed by atoms with Gasteiger partial charge in [-0.2, -0.15) is 0 Å². The molecule has 0 aliphatic heterocycles. The van der Waals surface area contributed by atoms with Crippen LogP contribution in [0.2, 0.25) is 0 Å². The fourth-order valence-corrected chi connectivity index (χ4v) is 3.30. The van der Waals surface area contributed by atoms with Gasteiger partial charge in [0.25, 0.3) is 0 Å². The van der Waals surface area contributed by atoms with Gasteiger partial charge >= 0.3 is 0 Å². The topological polar surface area (TPSA) is 20.2 Å². The van der Waals surface area contributed by atoms with Gasteiger partial charge in [0.15, 0.2) is 0 Å². The zero-order valence-corrected chi connectivity index (χ0v) is 13.6. The van der Waals surface area contributed by atoms with Crippen LogP contribution in [0, 0.1) is 0 Å². The van der Waals surface area contributed by atoms with Gasteiger partial charge in [-0.1, -0.05) is 70.2 Å². The summed E-state index contributed by atoms with van der Waals surface area (Å²) in [5.41, 5.74) is 3.52. The first-order chi connectivity index (χ1) is 10.0. The molecule has 0 spiro atoms. The molecule has 2 aromatic carbocycles. The van der Waals surface area contributed by atoms with E-state index in [1.165, 1.54) is 11.1 Å². The van der Waals surface area contributed by atoms with Gasteiger partial charge in [-0.05, 0) is 36.0 Å². The van der Waals surface area contributed by atoms with Gasteiger partial charge in [-0.3, -0.25) is 0 Å². The van der Waals surface area contributed by atoms with Gasteiger partial charge < -0.3 is 5.11 Å². The molecule has 2 aromatic rings. The van der Waals surface area contributed by atoms with Gasteiger partial charge in [-0.25, -0.2) is 0 Å². The molecule has 0 saturated heterocycles. The molecule has 0 unspecified atom stereocenters. The Balaban J connectivity index is 2.58. The third-order valence-electron chi connectivity index (χ3n) is 4.64. The molecular formula is C20H26O. The van der Waals surface area contributed by atoms with Crippen LogP contribution in [0.15, 0.2) is 48.5 Å². The van der Waals surface area contributed by atoms with E-state index in [0.717, 1.165) is 18.4 Å². The highest BCUT2D eigenvalue weighted by molar-refractivity contribution is 5.48. The fraction of sp³-hybridized carbons (Fsp3) is 0.400. The van der Waals surface area contributed by atoms with E-state index in [4.69, 9.17) is 0 Å². The van der Waals surface area contributed by atoms with E-state index in [0.29, 0.717) is 11.7 Å². The average molecular weight is 282 g/mol. The molecular weight excluding hydrogens is 256 g/mol. The number of hydrogen-bond acceptors (Lipinski definition) is 1. The fourth-order valence-electron chi connectivity index (χ4n) is 3.30. The molecule has 0 heterocycles. The summed E-state index contributed by atoms with van der Waals surface area (Å²) in [5.74, 6) is 0.952. The Kier molecular flexibility index (Phi) is 4.72. The molecule has 0 atom stereocenters. The summed E-state index contributed by atoms with van der Waals surface area (Å²) < 4.78 is 0. The maximum atomic E-state index is 10.3. The summed E-state index contributed by atoms with van der Waals surface area (Å²) in [7, 11) is 0. The summed E-state index contributed by atoms with van der Waals surface area (Å²) in [6.45, 7) is 8.89. The highest BCUT2D eigenvalue weighted by Gasteiger charge is 2.29. The van der Waals surface area contributed by atoms with Crippen molar-refractivity contribution in [3.05, 3.63) is 65.2 Å². The van der Waals surface area contributed by atoms with E-state index in [1.807, 2.05) is 18.2 Å². The van der Waals surface area contributed by atoms with E-state index in [-0.39, 0.29) is 5.41 Å². The van der Waals surface area contributed by atoms with Crippen molar-refractivity contribution < 1.29 is 5.11 Å². The molecule has 2 rings (SSSR count). The third kappa shape index (κ3) is 2.97. The smallest absolute Gasteiger partial charge is 0.119 e. The number of aromatic hydroxyl groups is 1. The molecule has 21 heavy (non-hydrogen) atoms. The lowest BCUT2D eigenvalue weighted by Gasteiger charge is -2.31. The molecule has 0 fully saturated rings. The SMILES string of the molecule is CCC(CC)c1ccccc1C(C)(C)c1ccccc1O. The summed E-state index contributed by atoms with van der Waals surface area (Å²) in [4.78, 5) is 0. The van der Waals surface area contributed by atoms with E-state index >= 15 is 0 Å². The number of para-hydroxylation sites is 1. The van der Waals surface area contributed by atoms with Gasteiger partial charge in [0.05, 0.1) is 0 Å². The highest BCUT2D eigenvalue weighted by atomic mass is 16.3. The van der Waals surface area contributed by atoms with Crippen LogP contribution < -0.4 is 0 Å². The van der Waals surface area contributed by atoms with E-state index < -0.39 is 0 Å². The second-order valence-corrected chi connectivity index (χ2v) is 6.24. The summed E-state index contributed by atoms with van der Waals surface area (Å²) in [6, 6.07) is 16.4. The van der Waals surface area contributed by atoms with Crippen molar-refractivity contribution in [3.63, 3.8) is 0 Å². The lowest BCUT2D eigenvalue weighted by Crippen LogP contribution is -2.22. The number of benzene rings is 2. The third-order valence-corrected chi connectivity index (χ3v) is 4.64. The Hall–Kier alpha value is -1.76. The minimum absolute atomic E-state index is 0.204. The van der Waals surface area contributed by atoms with Gasteiger partial charge in [0, 0.05) is 11.0 Å². The molecule has 0 aliphatic carbocycles. The van der Waals surface area contributed by atoms with Crippen LogP contribution in [-0.2, 0) is 5.41 Å². The molecule has 0 aromatic heterocycles. The zero-order valence-electron chi connectivity index (χ0n) is 13.6. The average Bonchev–Trinajstić information content (AvgIpc) is 2.49. The highest BCUT2D eigenvalue weighted by Crippen LogP contribution is 2.41. The molecule has 0 amide bonds. The van der Waals surface area contributed by atoms with Crippen LogP contribution in [0.25, 0.3) is 0 Å². The Morgan fingerprint density at radius 2 is 1.38 bits per heavy atom. The van der Waals surface area contributed by atoms with Crippen LogP contribution in [-0.4, -0.2) is 5.11 Å². The molecule has 1 heteroatoms. The predicted molar refractivity (Wildman–Crippen MR) is 90.0 cm³/mol. The number of phenols is 1. The van der Waals surface area contributed by atoms with E-state index in [1.54, 1.807) is 6.07 Å². The summed E-state index contributed by atoms with van der Waals surface area (Å²) in [6.07, 6.45) is 2.29. The molecule has 0 radical (unpaired) electrons. The first-order valence-corrected chi connectivity index (χ1v) is 7.90. The Morgan fingerprint density at radius 3 is 1.95 bits per heavy atom. The lowest BCUT2D eigenvalue weighted by molar-refractivity contribution is 0.451. The molecule has 1 N–H and O–H groups in total. The number of rotatable bonds is 5. The Morgan fingerprint density at radius 1 is 0.857 bits per heavy atom. The van der Waals surface area contributed by atoms with Crippen molar-refractivity contribution in [1.82, 2.24) is 0 Å². The van der Waals surface area contributed by atoms with Crippen molar-refractivity contribution in [3.8, 4) is 5.75 Å².